The summed E-state index contributed by atoms with van der Waals surface area (Å²) >= 11 is 0. The molecule has 3 heteroatoms. The van der Waals surface area contributed by atoms with Gasteiger partial charge >= 0.3 is 0 Å². The Morgan fingerprint density at radius 2 is 1.76 bits per heavy atom. The van der Waals surface area contributed by atoms with Crippen molar-refractivity contribution in [3.8, 4) is 5.69 Å². The fourth-order valence-corrected chi connectivity index (χ4v) is 2.53. The van der Waals surface area contributed by atoms with Crippen molar-refractivity contribution in [2.45, 2.75) is 19.9 Å². The molecule has 1 N–H and O–H groups in total. The highest BCUT2D eigenvalue weighted by Crippen LogP contribution is 2.22. The highest BCUT2D eigenvalue weighted by atomic mass is 15.3. The van der Waals surface area contributed by atoms with Crippen LogP contribution in [0.4, 0.5) is 5.69 Å². The van der Waals surface area contributed by atoms with Gasteiger partial charge in [-0.3, -0.25) is 0 Å². The van der Waals surface area contributed by atoms with Crippen LogP contribution < -0.4 is 5.32 Å². The minimum absolute atomic E-state index is 0.279. The quantitative estimate of drug-likeness (QED) is 0.768. The van der Waals surface area contributed by atoms with Crippen molar-refractivity contribution in [2.24, 2.45) is 0 Å². The maximum Gasteiger partial charge on any atom is 0.0647 e. The molecule has 2 aromatic carbocycles. The summed E-state index contributed by atoms with van der Waals surface area (Å²) in [6.07, 6.45) is 3.73. The molecule has 0 aliphatic rings. The molecule has 0 amide bonds. The largest absolute Gasteiger partial charge is 0.379 e. The van der Waals surface area contributed by atoms with Crippen LogP contribution in [-0.4, -0.2) is 9.78 Å². The molecule has 0 aliphatic heterocycles. The Labute approximate surface area is 125 Å². The first-order valence-electron chi connectivity index (χ1n) is 7.16. The van der Waals surface area contributed by atoms with Crippen LogP contribution >= 0.6 is 0 Å². The Hall–Kier alpha value is -2.55. The van der Waals surface area contributed by atoms with Crippen molar-refractivity contribution in [3.63, 3.8) is 0 Å². The molecule has 1 atom stereocenters. The maximum absolute atomic E-state index is 4.23. The van der Waals surface area contributed by atoms with E-state index in [-0.39, 0.29) is 6.04 Å². The summed E-state index contributed by atoms with van der Waals surface area (Å²) in [6.45, 7) is 4.33. The minimum atomic E-state index is 0.279. The Balaban J connectivity index is 1.75. The molecule has 0 spiro atoms. The third-order valence-corrected chi connectivity index (χ3v) is 3.67. The molecule has 0 saturated heterocycles. The van der Waals surface area contributed by atoms with E-state index < -0.39 is 0 Å². The molecule has 3 nitrogen and oxygen atoms in total. The molecular weight excluding hydrogens is 258 g/mol. The number of aromatic nitrogens is 2. The Morgan fingerprint density at radius 3 is 2.43 bits per heavy atom. The van der Waals surface area contributed by atoms with Crippen LogP contribution in [0.15, 0.2) is 67.0 Å². The molecule has 1 heterocycles. The third kappa shape index (κ3) is 2.97. The second-order valence-corrected chi connectivity index (χ2v) is 5.22. The molecule has 0 radical (unpaired) electrons. The van der Waals surface area contributed by atoms with Gasteiger partial charge in [0.2, 0.25) is 0 Å². The predicted molar refractivity (Wildman–Crippen MR) is 86.8 cm³/mol. The third-order valence-electron chi connectivity index (χ3n) is 3.67. The van der Waals surface area contributed by atoms with Gasteiger partial charge < -0.3 is 5.32 Å². The van der Waals surface area contributed by atoms with Crippen LogP contribution in [0.1, 0.15) is 24.1 Å². The first-order chi connectivity index (χ1) is 10.2. The Bertz CT molecular complexity index is 700. The Morgan fingerprint density at radius 1 is 1.00 bits per heavy atom. The summed E-state index contributed by atoms with van der Waals surface area (Å²) in [7, 11) is 0. The van der Waals surface area contributed by atoms with E-state index in [2.05, 4.69) is 72.8 Å². The van der Waals surface area contributed by atoms with E-state index in [1.807, 2.05) is 16.9 Å². The van der Waals surface area contributed by atoms with E-state index in [1.54, 1.807) is 6.20 Å². The number of hydrogen-bond donors (Lipinski definition) is 1. The summed E-state index contributed by atoms with van der Waals surface area (Å²) in [5.74, 6) is 0. The van der Waals surface area contributed by atoms with Gasteiger partial charge in [-0.2, -0.15) is 5.10 Å². The van der Waals surface area contributed by atoms with E-state index in [0.717, 1.165) is 11.4 Å². The monoisotopic (exact) mass is 277 g/mol. The fourth-order valence-electron chi connectivity index (χ4n) is 2.53. The molecule has 3 rings (SSSR count). The molecule has 1 aromatic heterocycles. The zero-order valence-electron chi connectivity index (χ0n) is 12.3. The van der Waals surface area contributed by atoms with Crippen molar-refractivity contribution >= 4 is 5.69 Å². The van der Waals surface area contributed by atoms with Gasteiger partial charge in [0.15, 0.2) is 0 Å². The van der Waals surface area contributed by atoms with Crippen molar-refractivity contribution in [2.75, 3.05) is 5.32 Å². The van der Waals surface area contributed by atoms with E-state index in [4.69, 9.17) is 0 Å². The Kier molecular flexibility index (Phi) is 3.73. The normalized spacial score (nSPS) is 12.1. The van der Waals surface area contributed by atoms with Gasteiger partial charge in [0.05, 0.1) is 5.69 Å². The maximum atomic E-state index is 4.23. The second-order valence-electron chi connectivity index (χ2n) is 5.22. The van der Waals surface area contributed by atoms with Crippen LogP contribution in [0.25, 0.3) is 5.69 Å². The van der Waals surface area contributed by atoms with Crippen LogP contribution in [-0.2, 0) is 0 Å². The lowest BCUT2D eigenvalue weighted by atomic mass is 10.0. The summed E-state index contributed by atoms with van der Waals surface area (Å²) < 4.78 is 1.86. The fraction of sp³-hybridized carbons (Fsp3) is 0.167. The summed E-state index contributed by atoms with van der Waals surface area (Å²) in [5.41, 5.74) is 4.81. The average molecular weight is 277 g/mol. The van der Waals surface area contributed by atoms with Crippen molar-refractivity contribution in [1.82, 2.24) is 9.78 Å². The lowest BCUT2D eigenvalue weighted by molar-refractivity contribution is 0.868. The summed E-state index contributed by atoms with van der Waals surface area (Å²) in [5, 5.41) is 7.77. The van der Waals surface area contributed by atoms with Gasteiger partial charge in [-0.25, -0.2) is 4.68 Å². The zero-order valence-corrected chi connectivity index (χ0v) is 12.3. The molecule has 3 aromatic rings. The number of hydrogen-bond acceptors (Lipinski definition) is 2. The van der Waals surface area contributed by atoms with Crippen LogP contribution in [0, 0.1) is 6.92 Å². The van der Waals surface area contributed by atoms with Crippen LogP contribution in [0.5, 0.6) is 0 Å². The van der Waals surface area contributed by atoms with E-state index in [9.17, 15) is 0 Å². The van der Waals surface area contributed by atoms with Crippen LogP contribution in [0.2, 0.25) is 0 Å². The lowest BCUT2D eigenvalue weighted by Crippen LogP contribution is -2.08. The lowest BCUT2D eigenvalue weighted by Gasteiger charge is -2.18. The first kappa shape index (κ1) is 13.4. The number of anilines is 1. The number of benzene rings is 2. The van der Waals surface area contributed by atoms with E-state index in [0.29, 0.717) is 0 Å². The van der Waals surface area contributed by atoms with E-state index in [1.165, 1.54) is 11.1 Å². The molecule has 0 bridgehead atoms. The van der Waals surface area contributed by atoms with Gasteiger partial charge in [-0.05, 0) is 55.3 Å². The molecule has 21 heavy (non-hydrogen) atoms. The zero-order chi connectivity index (χ0) is 14.7. The van der Waals surface area contributed by atoms with Gasteiger partial charge in [0, 0.05) is 24.1 Å². The van der Waals surface area contributed by atoms with Crippen molar-refractivity contribution in [3.05, 3.63) is 78.1 Å². The number of rotatable bonds is 4. The number of aryl methyl sites for hydroxylation is 1. The van der Waals surface area contributed by atoms with Gasteiger partial charge in [0.1, 0.15) is 0 Å². The second kappa shape index (κ2) is 5.83. The van der Waals surface area contributed by atoms with Crippen LogP contribution in [0.3, 0.4) is 0 Å². The highest BCUT2D eigenvalue weighted by Gasteiger charge is 2.07. The molecule has 0 saturated carbocycles. The van der Waals surface area contributed by atoms with Gasteiger partial charge in [0.25, 0.3) is 0 Å². The molecule has 0 aliphatic carbocycles. The molecule has 1 unspecified atom stereocenters. The average Bonchev–Trinajstić information content (AvgIpc) is 3.02. The van der Waals surface area contributed by atoms with Crippen molar-refractivity contribution in [1.29, 1.82) is 0 Å². The SMILES string of the molecule is Cc1ccccc1C(C)Nc1ccc(-n2cccn2)cc1. The van der Waals surface area contributed by atoms with Crippen molar-refractivity contribution < 1.29 is 0 Å². The smallest absolute Gasteiger partial charge is 0.0647 e. The summed E-state index contributed by atoms with van der Waals surface area (Å²) in [4.78, 5) is 0. The van der Waals surface area contributed by atoms with E-state index >= 15 is 0 Å². The molecular formula is C18H19N3. The number of nitrogens with zero attached hydrogens (tertiary/aromatic N) is 2. The number of nitrogens with one attached hydrogen (secondary N) is 1. The highest BCUT2D eigenvalue weighted by molar-refractivity contribution is 5.50. The van der Waals surface area contributed by atoms with Gasteiger partial charge in [-0.1, -0.05) is 24.3 Å². The molecule has 0 fully saturated rings. The summed E-state index contributed by atoms with van der Waals surface area (Å²) in [6, 6.07) is 19.0. The predicted octanol–water partition coefficient (Wildman–Crippen LogP) is 4.35. The first-order valence-corrected chi connectivity index (χ1v) is 7.16. The molecule has 106 valence electrons. The standard InChI is InChI=1S/C18H19N3/c1-14-6-3-4-7-18(14)15(2)20-16-8-10-17(11-9-16)21-13-5-12-19-21/h3-13,15,20H,1-2H3. The topological polar surface area (TPSA) is 29.9 Å². The van der Waals surface area contributed by atoms with Gasteiger partial charge in [-0.15, -0.1) is 0 Å². The minimum Gasteiger partial charge on any atom is -0.379 e.